The topological polar surface area (TPSA) is 124 Å². The van der Waals surface area contributed by atoms with E-state index in [1.54, 1.807) is 18.2 Å². The summed E-state index contributed by atoms with van der Waals surface area (Å²) in [5.74, 6) is 0.472. The number of likely N-dealkylation sites (tertiary alicyclic amines) is 1. The van der Waals surface area contributed by atoms with E-state index >= 15 is 0 Å². The highest BCUT2D eigenvalue weighted by molar-refractivity contribution is 5.95. The van der Waals surface area contributed by atoms with Crippen LogP contribution in [-0.2, 0) is 0 Å². The van der Waals surface area contributed by atoms with Crippen LogP contribution in [0.25, 0.3) is 11.3 Å². The predicted octanol–water partition coefficient (Wildman–Crippen LogP) is 1.26. The van der Waals surface area contributed by atoms with Gasteiger partial charge in [0.25, 0.3) is 5.91 Å². The van der Waals surface area contributed by atoms with Crippen molar-refractivity contribution in [2.75, 3.05) is 24.6 Å². The van der Waals surface area contributed by atoms with E-state index in [9.17, 15) is 4.79 Å². The average Bonchev–Trinajstić information content (AvgIpc) is 2.60. The Balaban J connectivity index is 1.82. The number of anilines is 2. The normalized spacial score (nSPS) is 17.7. The number of hydrogen-bond donors (Lipinski definition) is 3. The van der Waals surface area contributed by atoms with Gasteiger partial charge in [-0.2, -0.15) is 4.98 Å². The third kappa shape index (κ3) is 3.30. The Morgan fingerprint density at radius 2 is 1.92 bits per heavy atom. The second-order valence-corrected chi connectivity index (χ2v) is 6.00. The van der Waals surface area contributed by atoms with Gasteiger partial charge in [0.2, 0.25) is 5.95 Å². The van der Waals surface area contributed by atoms with Crippen molar-refractivity contribution in [3.63, 3.8) is 0 Å². The molecule has 7 heteroatoms. The van der Waals surface area contributed by atoms with E-state index in [2.05, 4.69) is 9.97 Å². The molecule has 7 nitrogen and oxygen atoms in total. The van der Waals surface area contributed by atoms with Crippen molar-refractivity contribution in [3.05, 3.63) is 35.9 Å². The molecule has 0 bridgehead atoms. The smallest absolute Gasteiger partial charge is 0.254 e. The molecule has 1 aliphatic rings. The highest BCUT2D eigenvalue weighted by atomic mass is 16.2. The molecular formula is C17H22N6O. The first-order valence-electron chi connectivity index (χ1n) is 8.10. The molecule has 0 aliphatic carbocycles. The van der Waals surface area contributed by atoms with Gasteiger partial charge < -0.3 is 22.1 Å². The summed E-state index contributed by atoms with van der Waals surface area (Å²) in [6.45, 7) is 1.27. The van der Waals surface area contributed by atoms with E-state index in [1.807, 2.05) is 17.0 Å². The van der Waals surface area contributed by atoms with Crippen molar-refractivity contribution in [2.45, 2.75) is 25.3 Å². The maximum atomic E-state index is 12.7. The first-order chi connectivity index (χ1) is 11.6. The van der Waals surface area contributed by atoms with Gasteiger partial charge in [0.1, 0.15) is 5.82 Å². The number of nitrogens with two attached hydrogens (primary N) is 3. The number of aromatic nitrogens is 2. The number of piperidine rings is 1. The zero-order chi connectivity index (χ0) is 17.1. The Bertz CT molecular complexity index is 710. The van der Waals surface area contributed by atoms with Gasteiger partial charge in [0.05, 0.1) is 5.69 Å². The van der Waals surface area contributed by atoms with Crippen molar-refractivity contribution in [1.82, 2.24) is 14.9 Å². The lowest BCUT2D eigenvalue weighted by Gasteiger charge is -2.35. The van der Waals surface area contributed by atoms with Crippen molar-refractivity contribution in [2.24, 2.45) is 5.73 Å². The van der Waals surface area contributed by atoms with Crippen molar-refractivity contribution >= 4 is 17.7 Å². The van der Waals surface area contributed by atoms with E-state index in [0.29, 0.717) is 23.6 Å². The fourth-order valence-corrected chi connectivity index (χ4v) is 3.10. The molecule has 1 aromatic carbocycles. The maximum Gasteiger partial charge on any atom is 0.254 e. The van der Waals surface area contributed by atoms with Crippen LogP contribution in [0, 0.1) is 0 Å². The number of rotatable bonds is 3. The Morgan fingerprint density at radius 1 is 1.17 bits per heavy atom. The van der Waals surface area contributed by atoms with Crippen LogP contribution in [-0.4, -0.2) is 39.9 Å². The number of hydrogen-bond acceptors (Lipinski definition) is 6. The number of nitrogen functional groups attached to an aromatic ring is 2. The number of carbonyl (C=O) groups excluding carboxylic acids is 1. The summed E-state index contributed by atoms with van der Waals surface area (Å²) in [6.07, 6.45) is 3.13. The molecule has 0 spiro atoms. The monoisotopic (exact) mass is 326 g/mol. The molecule has 0 radical (unpaired) electrons. The summed E-state index contributed by atoms with van der Waals surface area (Å²) in [6, 6.07) is 9.07. The van der Waals surface area contributed by atoms with Gasteiger partial charge >= 0.3 is 0 Å². The average molecular weight is 326 g/mol. The molecule has 126 valence electrons. The zero-order valence-electron chi connectivity index (χ0n) is 13.5. The fourth-order valence-electron chi connectivity index (χ4n) is 3.10. The van der Waals surface area contributed by atoms with Gasteiger partial charge in [-0.1, -0.05) is 12.1 Å². The van der Waals surface area contributed by atoms with Crippen molar-refractivity contribution < 1.29 is 4.79 Å². The van der Waals surface area contributed by atoms with Crippen molar-refractivity contribution in [3.8, 4) is 11.3 Å². The van der Waals surface area contributed by atoms with E-state index in [0.717, 1.165) is 31.4 Å². The van der Waals surface area contributed by atoms with E-state index < -0.39 is 0 Å². The number of nitrogens with zero attached hydrogens (tertiary/aromatic N) is 3. The Labute approximate surface area is 140 Å². The number of amides is 1. The molecule has 2 heterocycles. The summed E-state index contributed by atoms with van der Waals surface area (Å²) < 4.78 is 0. The largest absolute Gasteiger partial charge is 0.384 e. The van der Waals surface area contributed by atoms with Crippen LogP contribution in [0.3, 0.4) is 0 Å². The molecule has 1 amide bonds. The fraction of sp³-hybridized carbons (Fsp3) is 0.353. The minimum Gasteiger partial charge on any atom is -0.384 e. The first kappa shape index (κ1) is 16.2. The summed E-state index contributed by atoms with van der Waals surface area (Å²) >= 11 is 0. The molecule has 2 aromatic rings. The lowest BCUT2D eigenvalue weighted by Crippen LogP contribution is -2.47. The van der Waals surface area contributed by atoms with E-state index in [1.165, 1.54) is 0 Å². The molecule has 1 fully saturated rings. The van der Waals surface area contributed by atoms with Gasteiger partial charge in [-0.25, -0.2) is 4.98 Å². The second kappa shape index (κ2) is 6.84. The summed E-state index contributed by atoms with van der Waals surface area (Å²) in [5, 5.41) is 0. The zero-order valence-corrected chi connectivity index (χ0v) is 13.5. The highest BCUT2D eigenvalue weighted by Crippen LogP contribution is 2.23. The van der Waals surface area contributed by atoms with Crippen LogP contribution in [0.2, 0.25) is 0 Å². The van der Waals surface area contributed by atoms with Crippen LogP contribution >= 0.6 is 0 Å². The van der Waals surface area contributed by atoms with Crippen molar-refractivity contribution in [1.29, 1.82) is 0 Å². The molecule has 1 saturated heterocycles. The van der Waals surface area contributed by atoms with Gasteiger partial charge in [-0.05, 0) is 31.4 Å². The van der Waals surface area contributed by atoms with E-state index in [-0.39, 0.29) is 17.9 Å². The molecular weight excluding hydrogens is 304 g/mol. The third-order valence-electron chi connectivity index (χ3n) is 4.35. The molecule has 0 saturated carbocycles. The first-order valence-corrected chi connectivity index (χ1v) is 8.10. The van der Waals surface area contributed by atoms with Crippen LogP contribution < -0.4 is 17.2 Å². The molecule has 0 unspecified atom stereocenters. The molecule has 1 aliphatic heterocycles. The third-order valence-corrected chi connectivity index (χ3v) is 4.35. The van der Waals surface area contributed by atoms with Crippen LogP contribution in [0.1, 0.15) is 29.6 Å². The molecule has 24 heavy (non-hydrogen) atoms. The maximum absolute atomic E-state index is 12.7. The summed E-state index contributed by atoms with van der Waals surface area (Å²) in [7, 11) is 0. The van der Waals surface area contributed by atoms with Crippen LogP contribution in [0.5, 0.6) is 0 Å². The van der Waals surface area contributed by atoms with Gasteiger partial charge in [0.15, 0.2) is 0 Å². The molecule has 6 N–H and O–H groups in total. The SMILES string of the molecule is NC[C@@H]1CCCCN1C(=O)c1ccc(-c2cc(N)nc(N)n2)cc1. The molecule has 1 atom stereocenters. The highest BCUT2D eigenvalue weighted by Gasteiger charge is 2.26. The molecule has 1 aromatic heterocycles. The van der Waals surface area contributed by atoms with Gasteiger partial charge in [0, 0.05) is 36.3 Å². The van der Waals surface area contributed by atoms with Crippen LogP contribution in [0.4, 0.5) is 11.8 Å². The van der Waals surface area contributed by atoms with Gasteiger partial charge in [-0.3, -0.25) is 4.79 Å². The second-order valence-electron chi connectivity index (χ2n) is 6.00. The molecule has 3 rings (SSSR count). The number of benzene rings is 1. The lowest BCUT2D eigenvalue weighted by molar-refractivity contribution is 0.0623. The minimum absolute atomic E-state index is 0.0263. The summed E-state index contributed by atoms with van der Waals surface area (Å²) in [5.41, 5.74) is 19.3. The van der Waals surface area contributed by atoms with Gasteiger partial charge in [-0.15, -0.1) is 0 Å². The summed E-state index contributed by atoms with van der Waals surface area (Å²) in [4.78, 5) is 22.6. The quantitative estimate of drug-likeness (QED) is 0.780. The Kier molecular flexibility index (Phi) is 4.61. The Hall–Kier alpha value is -2.67. The number of carbonyl (C=O) groups is 1. The van der Waals surface area contributed by atoms with E-state index in [4.69, 9.17) is 17.2 Å². The minimum atomic E-state index is 0.0263. The Morgan fingerprint density at radius 3 is 2.58 bits per heavy atom. The predicted molar refractivity (Wildman–Crippen MR) is 94.0 cm³/mol. The van der Waals surface area contributed by atoms with Crippen LogP contribution in [0.15, 0.2) is 30.3 Å². The standard InChI is InChI=1S/C17H22N6O/c18-10-13-3-1-2-8-23(13)16(24)12-6-4-11(5-7-12)14-9-15(19)22-17(20)21-14/h4-7,9,13H,1-3,8,10,18H2,(H4,19,20,21,22)/t13-/m0/s1. The lowest BCUT2D eigenvalue weighted by atomic mass is 10.0.